The highest BCUT2D eigenvalue weighted by Crippen LogP contribution is 2.13. The maximum absolute atomic E-state index is 11.5. The maximum Gasteiger partial charge on any atom is 0.331 e. The fourth-order valence-corrected chi connectivity index (χ4v) is 1.65. The van der Waals surface area contributed by atoms with Gasteiger partial charge in [-0.3, -0.25) is 10.1 Å². The van der Waals surface area contributed by atoms with Crippen molar-refractivity contribution in [3.05, 3.63) is 81.9 Å². The van der Waals surface area contributed by atoms with Gasteiger partial charge in [0.1, 0.15) is 6.61 Å². The Bertz CT molecular complexity index is 648. The molecule has 106 valence electrons. The summed E-state index contributed by atoms with van der Waals surface area (Å²) < 4.78 is 5.08. The van der Waals surface area contributed by atoms with Crippen molar-refractivity contribution >= 4 is 17.7 Å². The first-order valence-corrected chi connectivity index (χ1v) is 6.28. The Labute approximate surface area is 121 Å². The third kappa shape index (κ3) is 4.58. The van der Waals surface area contributed by atoms with E-state index < -0.39 is 10.9 Å². The van der Waals surface area contributed by atoms with Gasteiger partial charge in [0, 0.05) is 18.2 Å². The number of ether oxygens (including phenoxy) is 1. The number of esters is 1. The Morgan fingerprint density at radius 1 is 1.10 bits per heavy atom. The Kier molecular flexibility index (Phi) is 4.82. The summed E-state index contributed by atoms with van der Waals surface area (Å²) in [5, 5.41) is 10.5. The lowest BCUT2D eigenvalue weighted by molar-refractivity contribution is -0.384. The molecule has 0 aliphatic rings. The molecular formula is C16H13NO4. The molecule has 0 amide bonds. The molecule has 0 aliphatic heterocycles. The molecule has 0 bridgehead atoms. The summed E-state index contributed by atoms with van der Waals surface area (Å²) in [7, 11) is 0. The smallest absolute Gasteiger partial charge is 0.331 e. The van der Waals surface area contributed by atoms with E-state index in [9.17, 15) is 14.9 Å². The van der Waals surface area contributed by atoms with Gasteiger partial charge in [0.05, 0.1) is 4.92 Å². The normalized spacial score (nSPS) is 10.5. The van der Waals surface area contributed by atoms with Gasteiger partial charge >= 0.3 is 5.97 Å². The Balaban J connectivity index is 1.88. The van der Waals surface area contributed by atoms with Crippen LogP contribution in [-0.2, 0) is 16.1 Å². The van der Waals surface area contributed by atoms with Gasteiger partial charge in [0.2, 0.25) is 0 Å². The molecule has 0 aromatic heterocycles. The van der Waals surface area contributed by atoms with Gasteiger partial charge in [-0.2, -0.15) is 0 Å². The molecule has 5 heteroatoms. The van der Waals surface area contributed by atoms with E-state index in [0.29, 0.717) is 5.56 Å². The average molecular weight is 283 g/mol. The van der Waals surface area contributed by atoms with Gasteiger partial charge in [0.15, 0.2) is 0 Å². The van der Waals surface area contributed by atoms with E-state index in [1.165, 1.54) is 18.2 Å². The van der Waals surface area contributed by atoms with Crippen LogP contribution in [0.1, 0.15) is 11.1 Å². The van der Waals surface area contributed by atoms with E-state index in [2.05, 4.69) is 0 Å². The molecule has 0 unspecified atom stereocenters. The zero-order chi connectivity index (χ0) is 15.1. The van der Waals surface area contributed by atoms with Crippen molar-refractivity contribution in [1.29, 1.82) is 0 Å². The summed E-state index contributed by atoms with van der Waals surface area (Å²) in [4.78, 5) is 21.6. The molecule has 0 saturated heterocycles. The van der Waals surface area contributed by atoms with Crippen molar-refractivity contribution < 1.29 is 14.5 Å². The van der Waals surface area contributed by atoms with Crippen LogP contribution in [0.25, 0.3) is 6.08 Å². The van der Waals surface area contributed by atoms with Crippen molar-refractivity contribution in [2.75, 3.05) is 0 Å². The van der Waals surface area contributed by atoms with Gasteiger partial charge in [-0.15, -0.1) is 0 Å². The molecule has 0 atom stereocenters. The molecule has 0 aliphatic carbocycles. The minimum absolute atomic E-state index is 0.0128. The molecule has 0 saturated carbocycles. The highest BCUT2D eigenvalue weighted by Gasteiger charge is 2.03. The van der Waals surface area contributed by atoms with E-state index in [1.807, 2.05) is 30.3 Å². The van der Waals surface area contributed by atoms with Crippen LogP contribution in [0.3, 0.4) is 0 Å². The second-order valence-corrected chi connectivity index (χ2v) is 4.28. The fourth-order valence-electron chi connectivity index (χ4n) is 1.65. The van der Waals surface area contributed by atoms with Crippen molar-refractivity contribution in [3.63, 3.8) is 0 Å². The monoisotopic (exact) mass is 283 g/mol. The first-order chi connectivity index (χ1) is 10.1. The summed E-state index contributed by atoms with van der Waals surface area (Å²) in [6, 6.07) is 15.3. The van der Waals surface area contributed by atoms with Crippen molar-refractivity contribution in [2.24, 2.45) is 0 Å². The van der Waals surface area contributed by atoms with Crippen LogP contribution < -0.4 is 0 Å². The van der Waals surface area contributed by atoms with E-state index in [1.54, 1.807) is 18.2 Å². The topological polar surface area (TPSA) is 69.4 Å². The number of benzene rings is 2. The minimum Gasteiger partial charge on any atom is -0.458 e. The highest BCUT2D eigenvalue weighted by atomic mass is 16.6. The van der Waals surface area contributed by atoms with Crippen molar-refractivity contribution in [3.8, 4) is 0 Å². The van der Waals surface area contributed by atoms with Crippen LogP contribution in [0.2, 0.25) is 0 Å². The zero-order valence-corrected chi connectivity index (χ0v) is 11.1. The van der Waals surface area contributed by atoms with Crippen LogP contribution >= 0.6 is 0 Å². The largest absolute Gasteiger partial charge is 0.458 e. The predicted molar refractivity (Wildman–Crippen MR) is 78.4 cm³/mol. The lowest BCUT2D eigenvalue weighted by Gasteiger charge is -2.01. The standard InChI is InChI=1S/C16H13NO4/c18-16(21-12-14-4-2-1-3-5-14)11-8-13-6-9-15(10-7-13)17(19)20/h1-11H,12H2. The number of nitro benzene ring substituents is 1. The summed E-state index contributed by atoms with van der Waals surface area (Å²) >= 11 is 0. The molecule has 0 heterocycles. The number of nitrogens with zero attached hydrogens (tertiary/aromatic N) is 1. The van der Waals surface area contributed by atoms with Gasteiger partial charge in [0.25, 0.3) is 5.69 Å². The molecule has 2 aromatic rings. The number of carbonyl (C=O) groups is 1. The molecule has 0 N–H and O–H groups in total. The van der Waals surface area contributed by atoms with E-state index in [4.69, 9.17) is 4.74 Å². The lowest BCUT2D eigenvalue weighted by atomic mass is 10.2. The molecule has 21 heavy (non-hydrogen) atoms. The minimum atomic E-state index is -0.471. The van der Waals surface area contributed by atoms with Crippen LogP contribution in [0.4, 0.5) is 5.69 Å². The van der Waals surface area contributed by atoms with E-state index >= 15 is 0 Å². The highest BCUT2D eigenvalue weighted by molar-refractivity contribution is 5.87. The maximum atomic E-state index is 11.5. The van der Waals surface area contributed by atoms with Crippen molar-refractivity contribution in [1.82, 2.24) is 0 Å². The van der Waals surface area contributed by atoms with Crippen LogP contribution in [0.5, 0.6) is 0 Å². The number of carbonyl (C=O) groups excluding carboxylic acids is 1. The number of hydrogen-bond donors (Lipinski definition) is 0. The second kappa shape index (κ2) is 7.00. The summed E-state index contributed by atoms with van der Waals surface area (Å²) in [5.41, 5.74) is 1.62. The lowest BCUT2D eigenvalue weighted by Crippen LogP contribution is -2.00. The third-order valence-electron chi connectivity index (χ3n) is 2.74. The Hall–Kier alpha value is -2.95. The molecular weight excluding hydrogens is 270 g/mol. The van der Waals surface area contributed by atoms with E-state index in [0.717, 1.165) is 5.56 Å². The summed E-state index contributed by atoms with van der Waals surface area (Å²) in [6.07, 6.45) is 2.85. The molecule has 2 aromatic carbocycles. The van der Waals surface area contributed by atoms with Crippen LogP contribution in [0.15, 0.2) is 60.7 Å². The van der Waals surface area contributed by atoms with Gasteiger partial charge in [-0.25, -0.2) is 4.79 Å². The van der Waals surface area contributed by atoms with E-state index in [-0.39, 0.29) is 12.3 Å². The fraction of sp³-hybridized carbons (Fsp3) is 0.0625. The third-order valence-corrected chi connectivity index (χ3v) is 2.74. The second-order valence-electron chi connectivity index (χ2n) is 4.28. The molecule has 0 spiro atoms. The van der Waals surface area contributed by atoms with Crippen molar-refractivity contribution in [2.45, 2.75) is 6.61 Å². The first-order valence-electron chi connectivity index (χ1n) is 6.28. The van der Waals surface area contributed by atoms with Gasteiger partial charge in [-0.05, 0) is 29.3 Å². The number of nitro groups is 1. The number of hydrogen-bond acceptors (Lipinski definition) is 4. The number of rotatable bonds is 5. The summed E-state index contributed by atoms with van der Waals surface area (Å²) in [6.45, 7) is 0.213. The van der Waals surface area contributed by atoms with Crippen LogP contribution in [-0.4, -0.2) is 10.9 Å². The predicted octanol–water partition coefficient (Wildman–Crippen LogP) is 3.35. The summed E-state index contributed by atoms with van der Waals surface area (Å²) in [5.74, 6) is -0.461. The Morgan fingerprint density at radius 3 is 2.38 bits per heavy atom. The molecule has 5 nitrogen and oxygen atoms in total. The van der Waals surface area contributed by atoms with Crippen LogP contribution in [0, 0.1) is 10.1 Å². The SMILES string of the molecule is O=C(C=Cc1ccc([N+](=O)[O-])cc1)OCc1ccccc1. The zero-order valence-electron chi connectivity index (χ0n) is 11.1. The molecule has 2 rings (SSSR count). The first kappa shape index (κ1) is 14.5. The Morgan fingerprint density at radius 2 is 1.76 bits per heavy atom. The van der Waals surface area contributed by atoms with Gasteiger partial charge in [-0.1, -0.05) is 30.3 Å². The number of non-ortho nitro benzene ring substituents is 1. The molecule has 0 fully saturated rings. The quantitative estimate of drug-likeness (QED) is 0.365. The average Bonchev–Trinajstić information content (AvgIpc) is 2.52. The molecule has 0 radical (unpaired) electrons. The van der Waals surface area contributed by atoms with Gasteiger partial charge < -0.3 is 4.74 Å².